The summed E-state index contributed by atoms with van der Waals surface area (Å²) >= 11 is 0. The Kier molecular flexibility index (Phi) is 6.49. The first-order chi connectivity index (χ1) is 24.8. The fourth-order valence-electron chi connectivity index (χ4n) is 7.13. The van der Waals surface area contributed by atoms with E-state index in [1.165, 1.54) is 5.56 Å². The van der Waals surface area contributed by atoms with Crippen molar-refractivity contribution < 1.29 is 8.83 Å². The average molecular weight is 644 g/mol. The summed E-state index contributed by atoms with van der Waals surface area (Å²) in [5.41, 5.74) is 10.7. The lowest BCUT2D eigenvalue weighted by Gasteiger charge is -2.24. The summed E-state index contributed by atoms with van der Waals surface area (Å²) < 4.78 is 12.9. The van der Waals surface area contributed by atoms with E-state index in [-0.39, 0.29) is 6.17 Å². The van der Waals surface area contributed by atoms with E-state index in [1.54, 1.807) is 0 Å². The van der Waals surface area contributed by atoms with Crippen LogP contribution in [0.25, 0.3) is 66.1 Å². The van der Waals surface area contributed by atoms with E-state index in [4.69, 9.17) is 18.8 Å². The molecule has 1 aliphatic heterocycles. The van der Waals surface area contributed by atoms with Crippen LogP contribution in [0, 0.1) is 0 Å². The highest BCUT2D eigenvalue weighted by Crippen LogP contribution is 2.40. The Labute approximate surface area is 287 Å². The molecule has 0 bridgehead atoms. The summed E-state index contributed by atoms with van der Waals surface area (Å²) in [6, 6.07) is 56.3. The van der Waals surface area contributed by atoms with Gasteiger partial charge >= 0.3 is 0 Å². The number of aliphatic imine (C=N–C) groups is 2. The van der Waals surface area contributed by atoms with Crippen molar-refractivity contribution in [2.45, 2.75) is 6.17 Å². The molecule has 0 saturated carbocycles. The molecule has 1 atom stereocenters. The van der Waals surface area contributed by atoms with Crippen molar-refractivity contribution in [3.8, 4) is 22.3 Å². The summed E-state index contributed by atoms with van der Waals surface area (Å²) in [5.74, 6) is 1.43. The molecule has 2 aromatic heterocycles. The van der Waals surface area contributed by atoms with Gasteiger partial charge in [0.1, 0.15) is 34.3 Å². The molecule has 1 unspecified atom stereocenters. The minimum atomic E-state index is -0.331. The first-order valence-corrected chi connectivity index (χ1v) is 16.8. The lowest BCUT2D eigenvalue weighted by molar-refractivity contribution is 0.668. The van der Waals surface area contributed by atoms with Crippen molar-refractivity contribution in [1.29, 1.82) is 0 Å². The van der Waals surface area contributed by atoms with Crippen LogP contribution in [0.2, 0.25) is 0 Å². The first kappa shape index (κ1) is 28.3. The highest BCUT2D eigenvalue weighted by Gasteiger charge is 2.24. The van der Waals surface area contributed by atoms with Gasteiger partial charge in [-0.1, -0.05) is 140 Å². The van der Waals surface area contributed by atoms with Crippen LogP contribution in [0.4, 0.5) is 0 Å². The van der Waals surface area contributed by atoms with Crippen LogP contribution in [0.15, 0.2) is 183 Å². The van der Waals surface area contributed by atoms with Crippen molar-refractivity contribution in [1.82, 2.24) is 5.32 Å². The van der Waals surface area contributed by atoms with Crippen molar-refractivity contribution in [3.63, 3.8) is 0 Å². The standard InChI is InChI=1S/C45H29N3O2/c1-3-11-28(12-4-1)29-21-23-31(24-22-29)44-46-43(30-13-5-2-6-14-30)47-45(48-44)37-18-10-20-39-41(37)36-17-9-16-33(42(36)50-39)32-25-26-35-34-15-7-8-19-38(34)49-40(35)27-32/h1-27,44H,(H,46,47,48). The van der Waals surface area contributed by atoms with Gasteiger partial charge in [-0.15, -0.1) is 0 Å². The number of furan rings is 2. The number of rotatable bonds is 5. The van der Waals surface area contributed by atoms with Gasteiger partial charge in [0.15, 0.2) is 5.84 Å². The van der Waals surface area contributed by atoms with Gasteiger partial charge in [-0.25, -0.2) is 9.98 Å². The van der Waals surface area contributed by atoms with Gasteiger partial charge in [0, 0.05) is 38.2 Å². The zero-order valence-corrected chi connectivity index (χ0v) is 26.9. The van der Waals surface area contributed by atoms with Crippen molar-refractivity contribution in [2.24, 2.45) is 9.98 Å². The van der Waals surface area contributed by atoms with Gasteiger partial charge in [0.05, 0.1) is 0 Å². The van der Waals surface area contributed by atoms with E-state index in [1.807, 2.05) is 54.6 Å². The molecule has 236 valence electrons. The molecule has 0 aliphatic carbocycles. The molecular formula is C45H29N3O2. The highest BCUT2D eigenvalue weighted by atomic mass is 16.3. The Bertz CT molecular complexity index is 2770. The lowest BCUT2D eigenvalue weighted by Crippen LogP contribution is -2.33. The maximum absolute atomic E-state index is 6.67. The summed E-state index contributed by atoms with van der Waals surface area (Å²) in [5, 5.41) is 7.83. The van der Waals surface area contributed by atoms with Crippen molar-refractivity contribution >= 4 is 55.5 Å². The fraction of sp³-hybridized carbons (Fsp3) is 0.0222. The minimum Gasteiger partial charge on any atom is -0.456 e. The zero-order valence-electron chi connectivity index (χ0n) is 26.9. The number of para-hydroxylation sites is 2. The van der Waals surface area contributed by atoms with Gasteiger partial charge in [0.25, 0.3) is 0 Å². The first-order valence-electron chi connectivity index (χ1n) is 16.8. The number of benzene rings is 7. The van der Waals surface area contributed by atoms with Crippen LogP contribution in [-0.2, 0) is 0 Å². The average Bonchev–Trinajstić information content (AvgIpc) is 3.77. The topological polar surface area (TPSA) is 63.0 Å². The summed E-state index contributed by atoms with van der Waals surface area (Å²) in [7, 11) is 0. The van der Waals surface area contributed by atoms with E-state index < -0.39 is 0 Å². The molecule has 0 amide bonds. The molecule has 0 saturated heterocycles. The van der Waals surface area contributed by atoms with E-state index >= 15 is 0 Å². The second-order valence-corrected chi connectivity index (χ2v) is 12.6. The molecule has 0 radical (unpaired) electrons. The zero-order chi connectivity index (χ0) is 33.0. The van der Waals surface area contributed by atoms with Gasteiger partial charge in [-0.05, 0) is 46.5 Å². The molecule has 0 spiro atoms. The smallest absolute Gasteiger partial charge is 0.160 e. The molecule has 1 aliphatic rings. The number of nitrogens with one attached hydrogen (secondary N) is 1. The van der Waals surface area contributed by atoms with Crippen LogP contribution >= 0.6 is 0 Å². The number of hydrogen-bond acceptors (Lipinski definition) is 5. The second-order valence-electron chi connectivity index (χ2n) is 12.6. The molecular weight excluding hydrogens is 615 g/mol. The summed E-state index contributed by atoms with van der Waals surface area (Å²) in [6.45, 7) is 0. The minimum absolute atomic E-state index is 0.331. The van der Waals surface area contributed by atoms with Crippen LogP contribution in [0.5, 0.6) is 0 Å². The van der Waals surface area contributed by atoms with E-state index in [0.29, 0.717) is 5.84 Å². The fourth-order valence-corrected chi connectivity index (χ4v) is 7.13. The third-order valence-corrected chi connectivity index (χ3v) is 9.58. The number of nitrogens with zero attached hydrogens (tertiary/aromatic N) is 2. The number of fused-ring (bicyclic) bond motifs is 6. The maximum atomic E-state index is 6.67. The predicted octanol–water partition coefficient (Wildman–Crippen LogP) is 11.3. The monoisotopic (exact) mass is 643 g/mol. The third kappa shape index (κ3) is 4.71. The lowest BCUT2D eigenvalue weighted by atomic mass is 9.99. The van der Waals surface area contributed by atoms with E-state index in [0.717, 1.165) is 83.1 Å². The Morgan fingerprint density at radius 3 is 1.94 bits per heavy atom. The predicted molar refractivity (Wildman–Crippen MR) is 204 cm³/mol. The second kappa shape index (κ2) is 11.5. The van der Waals surface area contributed by atoms with Gasteiger partial charge in [-0.2, -0.15) is 0 Å². The van der Waals surface area contributed by atoms with Crippen molar-refractivity contribution in [2.75, 3.05) is 0 Å². The quantitative estimate of drug-likeness (QED) is 0.203. The van der Waals surface area contributed by atoms with Crippen LogP contribution in [-0.4, -0.2) is 11.7 Å². The Morgan fingerprint density at radius 2 is 1.10 bits per heavy atom. The molecule has 7 aromatic carbocycles. The molecule has 1 N–H and O–H groups in total. The highest BCUT2D eigenvalue weighted by molar-refractivity contribution is 6.23. The number of amidine groups is 2. The molecule has 3 heterocycles. The molecule has 5 nitrogen and oxygen atoms in total. The maximum Gasteiger partial charge on any atom is 0.160 e. The van der Waals surface area contributed by atoms with E-state index in [2.05, 4.69) is 115 Å². The third-order valence-electron chi connectivity index (χ3n) is 9.58. The molecule has 0 fully saturated rings. The van der Waals surface area contributed by atoms with E-state index in [9.17, 15) is 0 Å². The Hall–Kier alpha value is -6.72. The largest absolute Gasteiger partial charge is 0.456 e. The van der Waals surface area contributed by atoms with Crippen LogP contribution < -0.4 is 5.32 Å². The summed E-state index contributed by atoms with van der Waals surface area (Å²) in [6.07, 6.45) is -0.331. The summed E-state index contributed by atoms with van der Waals surface area (Å²) in [4.78, 5) is 10.4. The number of hydrogen-bond donors (Lipinski definition) is 1. The van der Waals surface area contributed by atoms with Gasteiger partial charge < -0.3 is 14.2 Å². The Morgan fingerprint density at radius 1 is 0.460 bits per heavy atom. The normalized spacial score (nSPS) is 14.6. The van der Waals surface area contributed by atoms with Crippen molar-refractivity contribution in [3.05, 3.63) is 180 Å². The molecule has 10 rings (SSSR count). The van der Waals surface area contributed by atoms with Gasteiger partial charge in [-0.3, -0.25) is 0 Å². The molecule has 5 heteroatoms. The van der Waals surface area contributed by atoms with Gasteiger partial charge in [0.2, 0.25) is 0 Å². The molecule has 50 heavy (non-hydrogen) atoms. The molecule has 9 aromatic rings. The van der Waals surface area contributed by atoms with Crippen LogP contribution in [0.1, 0.15) is 22.9 Å². The van der Waals surface area contributed by atoms with Crippen LogP contribution in [0.3, 0.4) is 0 Å². The SMILES string of the molecule is c1ccc(C2=NC(c3cccc4oc5c(-c6ccc7c(c6)oc6ccccc67)cccc5c34)=NC(c3ccc(-c4ccccc4)cc3)N2)cc1. The Balaban J connectivity index is 1.11.